The Hall–Kier alpha value is -0.850. The largest absolute Gasteiger partial charge is 1.00 e. The van der Waals surface area contributed by atoms with Crippen LogP contribution in [0.25, 0.3) is 0 Å². The van der Waals surface area contributed by atoms with Crippen molar-refractivity contribution in [3.63, 3.8) is 0 Å². The molecule has 4 nitrogen and oxygen atoms in total. The van der Waals surface area contributed by atoms with E-state index < -0.39 is 10.1 Å². The van der Waals surface area contributed by atoms with Gasteiger partial charge in [0.05, 0.1) is 4.90 Å². The van der Waals surface area contributed by atoms with E-state index in [0.717, 1.165) is 19.3 Å². The molecule has 0 aliphatic carbocycles. The minimum atomic E-state index is -4.54. The van der Waals surface area contributed by atoms with Crippen LogP contribution >= 0.6 is 0 Å². The molecule has 0 heterocycles. The van der Waals surface area contributed by atoms with Gasteiger partial charge in [-0.2, -0.15) is 0 Å². The Morgan fingerprint density at radius 3 is 1.90 bits per heavy atom. The second-order valence-corrected chi connectivity index (χ2v) is 8.88. The maximum absolute atomic E-state index is 11.7. The van der Waals surface area contributed by atoms with Gasteiger partial charge in [0.15, 0.2) is 0 Å². The average molecular weight is 441 g/mol. The maximum atomic E-state index is 11.7. The molecule has 160 valence electrons. The molecule has 0 N–H and O–H groups in total. The van der Waals surface area contributed by atoms with Crippen LogP contribution < -0.4 is 34.3 Å². The predicted molar refractivity (Wildman–Crippen MR) is 116 cm³/mol. The Kier molecular flexibility index (Phi) is 13.6. The van der Waals surface area contributed by atoms with E-state index in [0.29, 0.717) is 23.5 Å². The standard InChI is InChI=1S/C24H34O4S.Na/c1-2-3-4-5-6-7-8-9-10-14-18-22-23(28-21-16-12-11-13-17-21)19-15-20-24(22)29(25,26)27;/h11-13,15-17,19-20H,2-10,14,18H2,1H3,(H,25,26,27);/q;+1/p-1. The van der Waals surface area contributed by atoms with Crippen molar-refractivity contribution in [1.82, 2.24) is 0 Å². The Labute approximate surface area is 204 Å². The summed E-state index contributed by atoms with van der Waals surface area (Å²) < 4.78 is 41.1. The SMILES string of the molecule is CCCCCCCCCCCCc1c(Oc2ccccc2)cccc1S(=O)(=O)[O-].[Na+]. The van der Waals surface area contributed by atoms with Gasteiger partial charge < -0.3 is 9.29 Å². The van der Waals surface area contributed by atoms with Gasteiger partial charge in [0, 0.05) is 5.56 Å². The Morgan fingerprint density at radius 2 is 1.33 bits per heavy atom. The van der Waals surface area contributed by atoms with Crippen molar-refractivity contribution in [3.05, 3.63) is 54.1 Å². The van der Waals surface area contributed by atoms with Crippen molar-refractivity contribution in [2.75, 3.05) is 0 Å². The first kappa shape index (κ1) is 27.2. The van der Waals surface area contributed by atoms with Gasteiger partial charge in [0.1, 0.15) is 21.6 Å². The van der Waals surface area contributed by atoms with E-state index in [2.05, 4.69) is 6.92 Å². The topological polar surface area (TPSA) is 66.4 Å². The summed E-state index contributed by atoms with van der Waals surface area (Å²) in [6.07, 6.45) is 12.5. The smallest absolute Gasteiger partial charge is 0.744 e. The van der Waals surface area contributed by atoms with Gasteiger partial charge in [-0.05, 0) is 37.1 Å². The molecule has 0 aliphatic rings. The number of benzene rings is 2. The molecule has 0 spiro atoms. The Balaban J connectivity index is 0.00000450. The van der Waals surface area contributed by atoms with Crippen molar-refractivity contribution >= 4 is 10.1 Å². The quantitative estimate of drug-likeness (QED) is 0.254. The fraction of sp³-hybridized carbons (Fsp3) is 0.500. The summed E-state index contributed by atoms with van der Waals surface area (Å²) in [4.78, 5) is -0.165. The first-order chi connectivity index (χ1) is 14.0. The normalized spacial score (nSPS) is 11.1. The zero-order valence-corrected chi connectivity index (χ0v) is 21.3. The molecule has 6 heteroatoms. The third kappa shape index (κ3) is 9.97. The minimum absolute atomic E-state index is 0. The summed E-state index contributed by atoms with van der Waals surface area (Å²) in [7, 11) is -4.54. The third-order valence-corrected chi connectivity index (χ3v) is 6.03. The maximum Gasteiger partial charge on any atom is 1.00 e. The Bertz CT molecular complexity index is 822. The first-order valence-corrected chi connectivity index (χ1v) is 12.2. The number of rotatable bonds is 14. The summed E-state index contributed by atoms with van der Waals surface area (Å²) in [6.45, 7) is 2.23. The molecular formula is C24H33NaO4S. The summed E-state index contributed by atoms with van der Waals surface area (Å²) in [5, 5.41) is 0. The van der Waals surface area contributed by atoms with Crippen LogP contribution in [-0.4, -0.2) is 13.0 Å². The van der Waals surface area contributed by atoms with Crippen molar-refractivity contribution in [2.24, 2.45) is 0 Å². The van der Waals surface area contributed by atoms with Crippen molar-refractivity contribution < 1.29 is 47.3 Å². The number of hydrogen-bond acceptors (Lipinski definition) is 4. The molecule has 0 amide bonds. The second-order valence-electron chi connectivity index (χ2n) is 7.53. The van der Waals surface area contributed by atoms with Gasteiger partial charge >= 0.3 is 29.6 Å². The number of ether oxygens (including phenoxy) is 1. The molecule has 0 unspecified atom stereocenters. The van der Waals surface area contributed by atoms with Crippen LogP contribution in [0.2, 0.25) is 0 Å². The van der Waals surface area contributed by atoms with E-state index >= 15 is 0 Å². The van der Waals surface area contributed by atoms with Crippen LogP contribution in [0.1, 0.15) is 76.7 Å². The molecule has 0 saturated carbocycles. The van der Waals surface area contributed by atoms with E-state index in [1.807, 2.05) is 30.3 Å². The van der Waals surface area contributed by atoms with Gasteiger partial charge in [0.25, 0.3) is 0 Å². The molecule has 0 fully saturated rings. The van der Waals surface area contributed by atoms with E-state index in [1.165, 1.54) is 51.0 Å². The zero-order valence-electron chi connectivity index (χ0n) is 18.4. The van der Waals surface area contributed by atoms with E-state index in [4.69, 9.17) is 4.74 Å². The molecule has 0 aromatic heterocycles. The molecule has 30 heavy (non-hydrogen) atoms. The monoisotopic (exact) mass is 440 g/mol. The van der Waals surface area contributed by atoms with Crippen LogP contribution in [0.4, 0.5) is 0 Å². The average Bonchev–Trinajstić information content (AvgIpc) is 2.70. The van der Waals surface area contributed by atoms with Gasteiger partial charge in [-0.25, -0.2) is 8.42 Å². The number of para-hydroxylation sites is 1. The fourth-order valence-corrected chi connectivity index (χ4v) is 4.28. The van der Waals surface area contributed by atoms with E-state index in [-0.39, 0.29) is 34.5 Å². The van der Waals surface area contributed by atoms with Gasteiger partial charge in [-0.3, -0.25) is 0 Å². The summed E-state index contributed by atoms with van der Waals surface area (Å²) in [5.74, 6) is 1.07. The van der Waals surface area contributed by atoms with Crippen molar-refractivity contribution in [1.29, 1.82) is 0 Å². The van der Waals surface area contributed by atoms with Gasteiger partial charge in [0.2, 0.25) is 0 Å². The fourth-order valence-electron chi connectivity index (χ4n) is 3.53. The van der Waals surface area contributed by atoms with Crippen LogP contribution in [0.3, 0.4) is 0 Å². The molecule has 2 aromatic rings. The van der Waals surface area contributed by atoms with Crippen molar-refractivity contribution in [2.45, 2.75) is 82.4 Å². The zero-order chi connectivity index (χ0) is 21.0. The molecule has 0 bridgehead atoms. The first-order valence-electron chi connectivity index (χ1n) is 10.8. The third-order valence-electron chi connectivity index (χ3n) is 5.11. The van der Waals surface area contributed by atoms with E-state index in [9.17, 15) is 13.0 Å². The second kappa shape index (κ2) is 15.0. The predicted octanol–water partition coefficient (Wildman–Crippen LogP) is 3.85. The number of hydrogen-bond donors (Lipinski definition) is 0. The Morgan fingerprint density at radius 1 is 0.767 bits per heavy atom. The van der Waals surface area contributed by atoms with Crippen molar-refractivity contribution in [3.8, 4) is 11.5 Å². The summed E-state index contributed by atoms with van der Waals surface area (Å²) in [5.41, 5.74) is 0.492. The van der Waals surface area contributed by atoms with Crippen LogP contribution in [0.15, 0.2) is 53.4 Å². The summed E-state index contributed by atoms with van der Waals surface area (Å²) >= 11 is 0. The molecule has 2 aromatic carbocycles. The molecular weight excluding hydrogens is 407 g/mol. The molecule has 0 atom stereocenters. The molecule has 0 aliphatic heterocycles. The molecule has 0 saturated heterocycles. The van der Waals surface area contributed by atoms with Gasteiger partial charge in [-0.15, -0.1) is 0 Å². The number of unbranched alkanes of at least 4 members (excludes halogenated alkanes) is 9. The molecule has 2 rings (SSSR count). The van der Waals surface area contributed by atoms with Crippen LogP contribution in [0.5, 0.6) is 11.5 Å². The summed E-state index contributed by atoms with van der Waals surface area (Å²) in [6, 6.07) is 13.9. The van der Waals surface area contributed by atoms with Crippen LogP contribution in [-0.2, 0) is 16.5 Å². The van der Waals surface area contributed by atoms with Crippen LogP contribution in [0, 0.1) is 0 Å². The van der Waals surface area contributed by atoms with Gasteiger partial charge in [-0.1, -0.05) is 89.0 Å². The van der Waals surface area contributed by atoms with E-state index in [1.54, 1.807) is 12.1 Å². The minimum Gasteiger partial charge on any atom is -0.744 e. The molecule has 0 radical (unpaired) electrons.